The quantitative estimate of drug-likeness (QED) is 0.0292. The van der Waals surface area contributed by atoms with Gasteiger partial charge < -0.3 is 19.7 Å². The Morgan fingerprint density at radius 2 is 1.06 bits per heavy atom. The molecule has 0 aromatic heterocycles. The van der Waals surface area contributed by atoms with E-state index in [4.69, 9.17) is 9.47 Å². The third-order valence-electron chi connectivity index (χ3n) is 8.83. The van der Waals surface area contributed by atoms with Crippen molar-refractivity contribution in [3.05, 3.63) is 48.6 Å². The van der Waals surface area contributed by atoms with Gasteiger partial charge in [-0.15, -0.1) is 0 Å². The van der Waals surface area contributed by atoms with Crippen molar-refractivity contribution in [2.24, 2.45) is 5.92 Å². The molecule has 50 heavy (non-hydrogen) atoms. The highest BCUT2D eigenvalue weighted by Gasteiger charge is 2.12. The van der Waals surface area contributed by atoms with Crippen molar-refractivity contribution in [2.45, 2.75) is 200 Å². The topological polar surface area (TPSA) is 93.1 Å². The molecule has 0 aromatic rings. The molecule has 6 heteroatoms. The van der Waals surface area contributed by atoms with Crippen LogP contribution in [0.5, 0.6) is 0 Å². The number of unbranched alkanes of at least 4 members (excludes halogenated alkanes) is 18. The molecular weight excluding hydrogens is 624 g/mol. The fraction of sp³-hybridized carbons (Fsp3) is 0.773. The van der Waals surface area contributed by atoms with E-state index in [-0.39, 0.29) is 31.6 Å². The van der Waals surface area contributed by atoms with Crippen molar-refractivity contribution in [2.75, 3.05) is 13.2 Å². The smallest absolute Gasteiger partial charge is 0.305 e. The van der Waals surface area contributed by atoms with Gasteiger partial charge in [0.2, 0.25) is 0 Å². The summed E-state index contributed by atoms with van der Waals surface area (Å²) in [6.45, 7) is 6.51. The summed E-state index contributed by atoms with van der Waals surface area (Å²) in [5.74, 6) is 0.185. The fourth-order valence-corrected chi connectivity index (χ4v) is 5.64. The molecule has 0 rings (SSSR count). The van der Waals surface area contributed by atoms with Crippen molar-refractivity contribution in [1.82, 2.24) is 0 Å². The van der Waals surface area contributed by atoms with Gasteiger partial charge in [-0.2, -0.15) is 0 Å². The van der Waals surface area contributed by atoms with E-state index in [2.05, 4.69) is 32.9 Å². The number of aliphatic hydroxyl groups is 2. The van der Waals surface area contributed by atoms with Gasteiger partial charge in [0.1, 0.15) is 19.3 Å². The molecule has 0 aromatic carbocycles. The second kappa shape index (κ2) is 38.1. The largest absolute Gasteiger partial charge is 0.463 e. The summed E-state index contributed by atoms with van der Waals surface area (Å²) in [6.07, 6.45) is 43.4. The monoisotopic (exact) mass is 703 g/mol. The van der Waals surface area contributed by atoms with Crippen LogP contribution in [0.25, 0.3) is 0 Å². The number of hydrogen-bond donors (Lipinski definition) is 2. The zero-order valence-corrected chi connectivity index (χ0v) is 32.7. The number of ether oxygens (including phenoxy) is 2. The van der Waals surface area contributed by atoms with Gasteiger partial charge in [0.15, 0.2) is 0 Å². The molecule has 0 aliphatic heterocycles. The van der Waals surface area contributed by atoms with Crippen molar-refractivity contribution in [3.8, 4) is 0 Å². The Balaban J connectivity index is 3.57. The second-order valence-electron chi connectivity index (χ2n) is 14.4. The molecule has 0 bridgehead atoms. The summed E-state index contributed by atoms with van der Waals surface area (Å²) < 4.78 is 10.3. The Morgan fingerprint density at radius 3 is 1.62 bits per heavy atom. The number of esters is 2. The Kier molecular flexibility index (Phi) is 36.4. The first-order valence-electron chi connectivity index (χ1n) is 20.7. The molecule has 0 aliphatic carbocycles. The van der Waals surface area contributed by atoms with Crippen LogP contribution in [0, 0.1) is 5.92 Å². The van der Waals surface area contributed by atoms with Crippen molar-refractivity contribution in [3.63, 3.8) is 0 Å². The van der Waals surface area contributed by atoms with E-state index < -0.39 is 12.2 Å². The third kappa shape index (κ3) is 38.6. The second-order valence-corrected chi connectivity index (χ2v) is 14.4. The molecular formula is C44H78O6. The van der Waals surface area contributed by atoms with E-state index >= 15 is 0 Å². The fourth-order valence-electron chi connectivity index (χ4n) is 5.64. The maximum atomic E-state index is 12.0. The summed E-state index contributed by atoms with van der Waals surface area (Å²) in [5.41, 5.74) is 0. The summed E-state index contributed by atoms with van der Waals surface area (Å²) in [4.78, 5) is 23.9. The minimum absolute atomic E-state index is 0.148. The Labute approximate surface area is 308 Å². The first-order valence-corrected chi connectivity index (χ1v) is 20.7. The summed E-state index contributed by atoms with van der Waals surface area (Å²) >= 11 is 0. The van der Waals surface area contributed by atoms with E-state index in [9.17, 15) is 19.8 Å². The van der Waals surface area contributed by atoms with Gasteiger partial charge in [-0.05, 0) is 50.9 Å². The molecule has 0 radical (unpaired) electrons. The third-order valence-corrected chi connectivity index (χ3v) is 8.83. The lowest BCUT2D eigenvalue weighted by molar-refractivity contribution is -0.152. The van der Waals surface area contributed by atoms with Crippen molar-refractivity contribution >= 4 is 11.9 Å². The molecule has 0 spiro atoms. The van der Waals surface area contributed by atoms with Gasteiger partial charge in [0.05, 0.1) is 6.10 Å². The maximum Gasteiger partial charge on any atom is 0.305 e. The first kappa shape index (κ1) is 47.8. The predicted molar refractivity (Wildman–Crippen MR) is 211 cm³/mol. The van der Waals surface area contributed by atoms with E-state index in [0.29, 0.717) is 19.3 Å². The lowest BCUT2D eigenvalue weighted by Gasteiger charge is -2.12. The van der Waals surface area contributed by atoms with Gasteiger partial charge >= 0.3 is 11.9 Å². The van der Waals surface area contributed by atoms with Crippen LogP contribution < -0.4 is 0 Å². The molecule has 0 amide bonds. The average molecular weight is 703 g/mol. The first-order chi connectivity index (χ1) is 24.3. The molecule has 2 N–H and O–H groups in total. The number of rotatable bonds is 36. The zero-order valence-electron chi connectivity index (χ0n) is 32.7. The van der Waals surface area contributed by atoms with E-state index in [1.54, 1.807) is 6.08 Å². The zero-order chi connectivity index (χ0) is 36.8. The van der Waals surface area contributed by atoms with Crippen LogP contribution in [0.2, 0.25) is 0 Å². The van der Waals surface area contributed by atoms with E-state index in [1.807, 2.05) is 30.4 Å². The lowest BCUT2D eigenvalue weighted by atomic mass is 10.0. The highest BCUT2D eigenvalue weighted by atomic mass is 16.6. The number of hydrogen-bond acceptors (Lipinski definition) is 6. The number of carbonyl (C=O) groups excluding carboxylic acids is 2. The number of allylic oxidation sites excluding steroid dienone is 6. The SMILES string of the molecule is CCCCC/C=C\C[C@@H](O)/C=C/C=C\C/C=C\CCCC(=O)OC[C@H](O)COC(=O)CCCCCCCCCCCCCCCCCC(C)C. The molecule has 290 valence electrons. The van der Waals surface area contributed by atoms with Gasteiger partial charge in [-0.3, -0.25) is 9.59 Å². The minimum Gasteiger partial charge on any atom is -0.463 e. The summed E-state index contributed by atoms with van der Waals surface area (Å²) in [5, 5.41) is 20.0. The number of aliphatic hydroxyl groups excluding tert-OH is 2. The molecule has 0 unspecified atom stereocenters. The van der Waals surface area contributed by atoms with Crippen LogP contribution in [-0.2, 0) is 19.1 Å². The standard InChI is InChI=1S/C44H78O6/c1-4-5-6-7-24-29-34-41(45)35-30-25-20-17-18-22-27-32-37-44(48)50-39-42(46)38-49-43(47)36-31-26-21-16-14-12-10-8-9-11-13-15-19-23-28-33-40(2)3/h18,20,22,24-25,29-30,35,40-42,45-46H,4-17,19,21,23,26-28,31-34,36-39H2,1-3H3/b22-18-,25-20-,29-24-,35-30+/t41-,42-/m1/s1. The highest BCUT2D eigenvalue weighted by Crippen LogP contribution is 2.15. The van der Waals surface area contributed by atoms with Gasteiger partial charge in [0.25, 0.3) is 0 Å². The number of carbonyl (C=O) groups is 2. The molecule has 0 fully saturated rings. The van der Waals surface area contributed by atoms with Crippen LogP contribution in [0.15, 0.2) is 48.6 Å². The molecule has 6 nitrogen and oxygen atoms in total. The van der Waals surface area contributed by atoms with Gasteiger partial charge in [-0.1, -0.05) is 179 Å². The van der Waals surface area contributed by atoms with Crippen LogP contribution in [-0.4, -0.2) is 47.6 Å². The molecule has 0 saturated carbocycles. The Morgan fingerprint density at radius 1 is 0.560 bits per heavy atom. The van der Waals surface area contributed by atoms with Gasteiger partial charge in [0, 0.05) is 12.8 Å². The van der Waals surface area contributed by atoms with Crippen molar-refractivity contribution in [1.29, 1.82) is 0 Å². The van der Waals surface area contributed by atoms with Crippen molar-refractivity contribution < 1.29 is 29.3 Å². The molecule has 2 atom stereocenters. The Hall–Kier alpha value is -2.18. The van der Waals surface area contributed by atoms with Crippen LogP contribution in [0.1, 0.15) is 188 Å². The molecule has 0 saturated heterocycles. The lowest BCUT2D eigenvalue weighted by Crippen LogP contribution is -2.25. The highest BCUT2D eigenvalue weighted by molar-refractivity contribution is 5.69. The van der Waals surface area contributed by atoms with E-state index in [1.165, 1.54) is 103 Å². The van der Waals surface area contributed by atoms with Gasteiger partial charge in [-0.25, -0.2) is 0 Å². The summed E-state index contributed by atoms with van der Waals surface area (Å²) in [6, 6.07) is 0. The minimum atomic E-state index is -1.00. The molecule has 0 heterocycles. The normalized spacial score (nSPS) is 13.4. The van der Waals surface area contributed by atoms with E-state index in [0.717, 1.165) is 44.4 Å². The maximum absolute atomic E-state index is 12.0. The van der Waals surface area contributed by atoms with Crippen LogP contribution >= 0.6 is 0 Å². The Bertz CT molecular complexity index is 874. The molecule has 0 aliphatic rings. The van der Waals surface area contributed by atoms with Crippen LogP contribution in [0.4, 0.5) is 0 Å². The summed E-state index contributed by atoms with van der Waals surface area (Å²) in [7, 11) is 0. The predicted octanol–water partition coefficient (Wildman–Crippen LogP) is 11.8. The van der Waals surface area contributed by atoms with Crippen LogP contribution in [0.3, 0.4) is 0 Å². The average Bonchev–Trinajstić information content (AvgIpc) is 3.09.